The molecule has 0 heterocycles. The third-order valence-electron chi connectivity index (χ3n) is 0.682. The van der Waals surface area contributed by atoms with Crippen LogP contribution in [0.1, 0.15) is 13.3 Å². The van der Waals surface area contributed by atoms with Gasteiger partial charge in [0.05, 0.1) is 0 Å². The molecule has 0 aliphatic heterocycles. The Kier molecular flexibility index (Phi) is 2.63. The first-order valence-electron chi connectivity index (χ1n) is 1.98. The van der Waals surface area contributed by atoms with E-state index >= 15 is 0 Å². The molecule has 0 saturated carbocycles. The predicted octanol–water partition coefficient (Wildman–Crippen LogP) is -0.610. The lowest BCUT2D eigenvalue weighted by atomic mass is 10.5. The first-order valence-corrected chi connectivity index (χ1v) is 2.98. The van der Waals surface area contributed by atoms with Crippen LogP contribution in [0.5, 0.6) is 0 Å². The van der Waals surface area contributed by atoms with E-state index in [0.717, 1.165) is 22.0 Å². The van der Waals surface area contributed by atoms with Gasteiger partial charge in [0, 0.05) is 6.42 Å². The number of nitrogens with zero attached hydrogens (tertiary/aromatic N) is 2. The summed E-state index contributed by atoms with van der Waals surface area (Å²) in [4.78, 5) is 2.99. The highest BCUT2D eigenvalue weighted by atomic mass is 28.1. The van der Waals surface area contributed by atoms with Crippen LogP contribution in [0, 0.1) is 0 Å². The Morgan fingerprint density at radius 3 is 2.50 bits per heavy atom. The van der Waals surface area contributed by atoms with Crippen LogP contribution in [0.2, 0.25) is 0 Å². The fourth-order valence-corrected chi connectivity index (χ4v) is 0.0707. The summed E-state index contributed by atoms with van der Waals surface area (Å²) in [5, 5.41) is 0.912. The van der Waals surface area contributed by atoms with Crippen molar-refractivity contribution in [1.82, 2.24) is 0 Å². The number of hydrogen-bond acceptors (Lipinski definition) is 0. The van der Waals surface area contributed by atoms with Crippen molar-refractivity contribution in [3.63, 3.8) is 0 Å². The average Bonchev–Trinajstić information content (AvgIpc) is 1.65. The van der Waals surface area contributed by atoms with Gasteiger partial charge in [-0.05, 0) is 0 Å². The van der Waals surface area contributed by atoms with Crippen LogP contribution in [0.4, 0.5) is 0 Å². The van der Waals surface area contributed by atoms with Crippen molar-refractivity contribution in [2.45, 2.75) is 13.3 Å². The summed E-state index contributed by atoms with van der Waals surface area (Å²) in [5.74, 6) is 0. The molecule has 0 aromatic rings. The first-order chi connectivity index (χ1) is 2.81. The fraction of sp³-hybridized carbons (Fsp3) is 0.667. The third kappa shape index (κ3) is 1.87. The maximum Gasteiger partial charge on any atom is 0.226 e. The summed E-state index contributed by atoms with van der Waals surface area (Å²) >= 11 is 0. The van der Waals surface area contributed by atoms with E-state index in [2.05, 4.69) is 4.79 Å². The summed E-state index contributed by atoms with van der Waals surface area (Å²) in [6, 6.07) is 0. The van der Waals surface area contributed by atoms with E-state index in [9.17, 15) is 0 Å². The summed E-state index contributed by atoms with van der Waals surface area (Å²) < 4.78 is 0. The zero-order valence-corrected chi connectivity index (χ0v) is 6.10. The van der Waals surface area contributed by atoms with Crippen LogP contribution in [-0.4, -0.2) is 20.4 Å². The summed E-state index contributed by atoms with van der Waals surface area (Å²) in [6.07, 6.45) is 0.892. The molecule has 0 fully saturated rings. The molecule has 0 saturated heterocycles. The van der Waals surface area contributed by atoms with E-state index in [1.165, 1.54) is 0 Å². The Hall–Kier alpha value is -0.403. The van der Waals surface area contributed by atoms with Gasteiger partial charge in [-0.3, -0.25) is 0 Å². The fourth-order valence-electron chi connectivity index (χ4n) is 0.0707. The molecular weight excluding hydrogens is 92.1 g/mol. The van der Waals surface area contributed by atoms with Crippen LogP contribution in [0.3, 0.4) is 0 Å². The molecule has 0 rings (SSSR count). The molecule has 0 spiro atoms. The number of rotatable bonds is 1. The Morgan fingerprint density at radius 1 is 2.00 bits per heavy atom. The molecule has 0 aromatic carbocycles. The summed E-state index contributed by atoms with van der Waals surface area (Å²) in [5.41, 5.74) is 7.96. The van der Waals surface area contributed by atoms with Crippen molar-refractivity contribution < 1.29 is 4.79 Å². The average molecular weight is 100 g/mol. The molecule has 0 aromatic heterocycles. The Bertz CT molecular complexity index is 82.8. The van der Waals surface area contributed by atoms with Crippen LogP contribution in [-0.2, 0) is 0 Å². The molecule has 0 atom stereocenters. The lowest BCUT2D eigenvalue weighted by Crippen LogP contribution is -1.92. The first kappa shape index (κ1) is 5.60. The monoisotopic (exact) mass is 100 g/mol. The van der Waals surface area contributed by atoms with E-state index in [4.69, 9.17) is 5.53 Å². The van der Waals surface area contributed by atoms with E-state index in [1.54, 1.807) is 0 Å². The molecular formula is C3H8N2Si. The van der Waals surface area contributed by atoms with Crippen LogP contribution >= 0.6 is 0 Å². The van der Waals surface area contributed by atoms with Crippen molar-refractivity contribution in [3.8, 4) is 0 Å². The molecule has 0 radical (unpaired) electrons. The summed E-state index contributed by atoms with van der Waals surface area (Å²) in [6.45, 7) is 1.97. The Labute approximate surface area is 40.2 Å². The van der Waals surface area contributed by atoms with E-state index in [1.807, 2.05) is 6.92 Å². The van der Waals surface area contributed by atoms with Crippen LogP contribution < -0.4 is 0 Å². The minimum Gasteiger partial charge on any atom is -0.362 e. The minimum absolute atomic E-state index is 0.890. The van der Waals surface area contributed by atoms with Crippen molar-refractivity contribution >= 4 is 15.6 Å². The predicted molar refractivity (Wildman–Crippen MR) is 28.9 cm³/mol. The van der Waals surface area contributed by atoms with Crippen molar-refractivity contribution in [3.05, 3.63) is 5.53 Å². The van der Waals surface area contributed by atoms with Gasteiger partial charge < -0.3 is 5.53 Å². The van der Waals surface area contributed by atoms with E-state index in [-0.39, 0.29) is 0 Å². The molecule has 6 heavy (non-hydrogen) atoms. The maximum absolute atomic E-state index is 7.96. The van der Waals surface area contributed by atoms with E-state index in [0.29, 0.717) is 0 Å². The van der Waals surface area contributed by atoms with Gasteiger partial charge in [0.1, 0.15) is 10.2 Å². The Morgan fingerprint density at radius 2 is 2.50 bits per heavy atom. The third-order valence-corrected chi connectivity index (χ3v) is 1.59. The molecule has 34 valence electrons. The van der Waals surface area contributed by atoms with Gasteiger partial charge in [0.2, 0.25) is 5.33 Å². The quantitative estimate of drug-likeness (QED) is 0.182. The molecule has 0 N–H and O–H groups in total. The van der Waals surface area contributed by atoms with Gasteiger partial charge >= 0.3 is 0 Å². The highest BCUT2D eigenvalue weighted by molar-refractivity contribution is 6.57. The van der Waals surface area contributed by atoms with Gasteiger partial charge in [-0.15, -0.1) is 0 Å². The van der Waals surface area contributed by atoms with Crippen LogP contribution in [0.25, 0.3) is 5.53 Å². The number of hydrogen-bond donors (Lipinski definition) is 0. The molecule has 0 amide bonds. The molecule has 3 heteroatoms. The Balaban J connectivity index is 3.52. The maximum atomic E-state index is 7.96. The standard InChI is InChI=1S/C3H8N2Si/c1-2-3(6)5-4/h2H2,1,6H3. The van der Waals surface area contributed by atoms with Crippen LogP contribution in [0.15, 0.2) is 0 Å². The van der Waals surface area contributed by atoms with Gasteiger partial charge in [0.15, 0.2) is 0 Å². The normalized spacial score (nSPS) is 7.50. The van der Waals surface area contributed by atoms with Crippen molar-refractivity contribution in [1.29, 1.82) is 0 Å². The van der Waals surface area contributed by atoms with Crippen molar-refractivity contribution in [2.24, 2.45) is 0 Å². The molecule has 2 nitrogen and oxygen atoms in total. The second kappa shape index (κ2) is 2.81. The zero-order valence-electron chi connectivity index (χ0n) is 4.10. The topological polar surface area (TPSA) is 36.4 Å². The molecule has 0 bridgehead atoms. The zero-order chi connectivity index (χ0) is 4.99. The lowest BCUT2D eigenvalue weighted by Gasteiger charge is -1.68. The second-order valence-electron chi connectivity index (χ2n) is 1.19. The molecule has 0 unspecified atom stereocenters. The van der Waals surface area contributed by atoms with Gasteiger partial charge in [-0.25, -0.2) is 0 Å². The highest BCUT2D eigenvalue weighted by Crippen LogP contribution is 1.67. The molecule has 0 aliphatic carbocycles. The highest BCUT2D eigenvalue weighted by Gasteiger charge is 1.86. The minimum atomic E-state index is 0.890. The second-order valence-corrected chi connectivity index (χ2v) is 2.34. The van der Waals surface area contributed by atoms with Gasteiger partial charge in [0.25, 0.3) is 0 Å². The van der Waals surface area contributed by atoms with Crippen molar-refractivity contribution in [2.75, 3.05) is 0 Å². The molecule has 0 aliphatic rings. The van der Waals surface area contributed by atoms with Gasteiger partial charge in [-0.1, -0.05) is 6.92 Å². The van der Waals surface area contributed by atoms with Gasteiger partial charge in [-0.2, -0.15) is 4.79 Å². The lowest BCUT2D eigenvalue weighted by molar-refractivity contribution is -0.00278. The SMILES string of the molecule is CCC([SiH3])=[N+]=[N-]. The largest absolute Gasteiger partial charge is 0.362 e. The van der Waals surface area contributed by atoms with E-state index < -0.39 is 0 Å². The smallest absolute Gasteiger partial charge is 0.226 e. The summed E-state index contributed by atoms with van der Waals surface area (Å²) in [7, 11) is 0.890.